The molecule has 0 spiro atoms. The third kappa shape index (κ3) is 7.50. The predicted octanol–water partition coefficient (Wildman–Crippen LogP) is 0.339. The van der Waals surface area contributed by atoms with Crippen molar-refractivity contribution >= 4 is 5.97 Å². The summed E-state index contributed by atoms with van der Waals surface area (Å²) in [6.07, 6.45) is 1.54. The standard InChI is InChI=1S/C4H6O2.C4H10O2/c5-4-2-1-3-6-4;1-2-6-4-3-5/h1-3H2;5H,2-4H2,1H3. The van der Waals surface area contributed by atoms with Gasteiger partial charge in [0, 0.05) is 13.0 Å². The number of cyclic esters (lactones) is 1. The molecular weight excluding hydrogens is 160 g/mol. The third-order valence-corrected chi connectivity index (χ3v) is 1.23. The summed E-state index contributed by atoms with van der Waals surface area (Å²) < 4.78 is 9.25. The van der Waals surface area contributed by atoms with Crippen molar-refractivity contribution in [1.82, 2.24) is 0 Å². The molecule has 4 nitrogen and oxygen atoms in total. The maximum Gasteiger partial charge on any atom is 0.305 e. The Morgan fingerprint density at radius 1 is 1.67 bits per heavy atom. The quantitative estimate of drug-likeness (QED) is 0.497. The molecule has 0 aromatic carbocycles. The molecule has 0 radical (unpaired) electrons. The molecule has 1 heterocycles. The molecule has 1 fully saturated rings. The van der Waals surface area contributed by atoms with E-state index in [1.54, 1.807) is 0 Å². The Morgan fingerprint density at radius 2 is 2.42 bits per heavy atom. The summed E-state index contributed by atoms with van der Waals surface area (Å²) in [4.78, 5) is 10.0. The van der Waals surface area contributed by atoms with Gasteiger partial charge in [0.2, 0.25) is 0 Å². The molecule has 0 aliphatic carbocycles. The molecule has 1 rings (SSSR count). The van der Waals surface area contributed by atoms with E-state index in [0.29, 0.717) is 26.2 Å². The fraction of sp³-hybridized carbons (Fsp3) is 0.875. The summed E-state index contributed by atoms with van der Waals surface area (Å²) in [5.74, 6) is -0.0463. The number of aliphatic hydroxyl groups is 1. The predicted molar refractivity (Wildman–Crippen MR) is 43.8 cm³/mol. The van der Waals surface area contributed by atoms with Crippen LogP contribution >= 0.6 is 0 Å². The first-order valence-corrected chi connectivity index (χ1v) is 4.15. The van der Waals surface area contributed by atoms with Gasteiger partial charge >= 0.3 is 5.97 Å². The molecule has 0 atom stereocenters. The van der Waals surface area contributed by atoms with E-state index >= 15 is 0 Å². The molecule has 4 heteroatoms. The number of aliphatic hydroxyl groups excluding tert-OH is 1. The highest BCUT2D eigenvalue weighted by atomic mass is 16.5. The number of rotatable bonds is 3. The van der Waals surface area contributed by atoms with Gasteiger partial charge in [-0.25, -0.2) is 0 Å². The zero-order valence-electron chi connectivity index (χ0n) is 7.41. The molecule has 1 aliphatic rings. The monoisotopic (exact) mass is 176 g/mol. The van der Waals surface area contributed by atoms with Crippen LogP contribution in [0.15, 0.2) is 0 Å². The van der Waals surface area contributed by atoms with Crippen LogP contribution in [0, 0.1) is 0 Å². The molecule has 72 valence electrons. The van der Waals surface area contributed by atoms with Crippen LogP contribution in [0.1, 0.15) is 19.8 Å². The zero-order chi connectivity index (χ0) is 9.23. The maximum absolute atomic E-state index is 10.0. The van der Waals surface area contributed by atoms with Crippen molar-refractivity contribution in [3.05, 3.63) is 0 Å². The summed E-state index contributed by atoms with van der Waals surface area (Å²) in [7, 11) is 0. The lowest BCUT2D eigenvalue weighted by Gasteiger charge is -1.91. The molecule has 0 amide bonds. The fourth-order valence-corrected chi connectivity index (χ4v) is 0.684. The summed E-state index contributed by atoms with van der Waals surface area (Å²) in [6.45, 7) is 3.83. The second-order valence-electron chi connectivity index (χ2n) is 2.24. The number of hydrogen-bond acceptors (Lipinski definition) is 4. The second-order valence-corrected chi connectivity index (χ2v) is 2.24. The van der Waals surface area contributed by atoms with Crippen LogP contribution in [-0.4, -0.2) is 37.5 Å². The Bertz CT molecular complexity index is 102. The Morgan fingerprint density at radius 3 is 2.58 bits per heavy atom. The van der Waals surface area contributed by atoms with Gasteiger partial charge in [-0.1, -0.05) is 0 Å². The van der Waals surface area contributed by atoms with Crippen molar-refractivity contribution in [3.8, 4) is 0 Å². The lowest BCUT2D eigenvalue weighted by atomic mass is 10.4. The van der Waals surface area contributed by atoms with Gasteiger partial charge < -0.3 is 14.6 Å². The van der Waals surface area contributed by atoms with Gasteiger partial charge in [0.05, 0.1) is 19.8 Å². The van der Waals surface area contributed by atoms with Crippen molar-refractivity contribution in [2.45, 2.75) is 19.8 Å². The number of carbonyl (C=O) groups excluding carboxylic acids is 1. The number of ether oxygens (including phenoxy) is 2. The smallest absolute Gasteiger partial charge is 0.305 e. The highest BCUT2D eigenvalue weighted by molar-refractivity contribution is 5.70. The number of esters is 1. The summed E-state index contributed by atoms with van der Waals surface area (Å²) in [5, 5.41) is 8.07. The molecule has 0 unspecified atom stereocenters. The molecular formula is C8H16O4. The van der Waals surface area contributed by atoms with Gasteiger partial charge in [-0.15, -0.1) is 0 Å². The summed E-state index contributed by atoms with van der Waals surface area (Å²) in [5.41, 5.74) is 0. The first kappa shape index (κ1) is 11.4. The van der Waals surface area contributed by atoms with Crippen molar-refractivity contribution < 1.29 is 19.4 Å². The van der Waals surface area contributed by atoms with Crippen LogP contribution in [0.25, 0.3) is 0 Å². The molecule has 0 bridgehead atoms. The van der Waals surface area contributed by atoms with E-state index < -0.39 is 0 Å². The average molecular weight is 176 g/mol. The summed E-state index contributed by atoms with van der Waals surface area (Å²) >= 11 is 0. The third-order valence-electron chi connectivity index (χ3n) is 1.23. The normalized spacial score (nSPS) is 15.0. The fourth-order valence-electron chi connectivity index (χ4n) is 0.684. The van der Waals surface area contributed by atoms with Crippen LogP contribution in [0.3, 0.4) is 0 Å². The minimum absolute atomic E-state index is 0.0463. The van der Waals surface area contributed by atoms with Gasteiger partial charge in [-0.2, -0.15) is 0 Å². The van der Waals surface area contributed by atoms with E-state index in [2.05, 4.69) is 4.74 Å². The van der Waals surface area contributed by atoms with Gasteiger partial charge in [-0.3, -0.25) is 4.79 Å². The largest absolute Gasteiger partial charge is 0.466 e. The van der Waals surface area contributed by atoms with E-state index in [4.69, 9.17) is 9.84 Å². The van der Waals surface area contributed by atoms with E-state index in [1.807, 2.05) is 6.92 Å². The van der Waals surface area contributed by atoms with Crippen molar-refractivity contribution in [3.63, 3.8) is 0 Å². The number of carbonyl (C=O) groups is 1. The van der Waals surface area contributed by atoms with Crippen LogP contribution in [-0.2, 0) is 14.3 Å². The van der Waals surface area contributed by atoms with Crippen molar-refractivity contribution in [2.75, 3.05) is 26.4 Å². The van der Waals surface area contributed by atoms with Gasteiger partial charge in [0.15, 0.2) is 0 Å². The molecule has 0 aromatic rings. The Balaban J connectivity index is 0.000000202. The average Bonchev–Trinajstić information content (AvgIpc) is 2.53. The van der Waals surface area contributed by atoms with E-state index in [9.17, 15) is 4.79 Å². The Labute approximate surface area is 72.5 Å². The van der Waals surface area contributed by atoms with Crippen molar-refractivity contribution in [2.24, 2.45) is 0 Å². The van der Waals surface area contributed by atoms with E-state index in [0.717, 1.165) is 6.42 Å². The van der Waals surface area contributed by atoms with Crippen LogP contribution in [0.4, 0.5) is 0 Å². The Kier molecular flexibility index (Phi) is 8.05. The minimum atomic E-state index is -0.0463. The lowest BCUT2D eigenvalue weighted by Crippen LogP contribution is -1.96. The molecule has 0 saturated carbocycles. The Hall–Kier alpha value is -0.610. The molecule has 1 saturated heterocycles. The number of hydrogen-bond donors (Lipinski definition) is 1. The van der Waals surface area contributed by atoms with Crippen LogP contribution in [0.2, 0.25) is 0 Å². The van der Waals surface area contributed by atoms with Gasteiger partial charge in [-0.05, 0) is 13.3 Å². The first-order valence-electron chi connectivity index (χ1n) is 4.15. The van der Waals surface area contributed by atoms with Crippen LogP contribution in [0.5, 0.6) is 0 Å². The van der Waals surface area contributed by atoms with Crippen molar-refractivity contribution in [1.29, 1.82) is 0 Å². The molecule has 1 N–H and O–H groups in total. The maximum atomic E-state index is 10.0. The van der Waals surface area contributed by atoms with Gasteiger partial charge in [0.25, 0.3) is 0 Å². The highest BCUT2D eigenvalue weighted by Crippen LogP contribution is 2.01. The molecule has 0 aromatic heterocycles. The van der Waals surface area contributed by atoms with Gasteiger partial charge in [0.1, 0.15) is 0 Å². The summed E-state index contributed by atoms with van der Waals surface area (Å²) in [6, 6.07) is 0. The zero-order valence-corrected chi connectivity index (χ0v) is 7.41. The first-order chi connectivity index (χ1) is 5.81. The molecule has 12 heavy (non-hydrogen) atoms. The second kappa shape index (κ2) is 8.49. The van der Waals surface area contributed by atoms with Crippen LogP contribution < -0.4 is 0 Å². The SMILES string of the molecule is CCOCCO.O=C1CCCO1. The van der Waals surface area contributed by atoms with E-state index in [1.165, 1.54) is 0 Å². The lowest BCUT2D eigenvalue weighted by molar-refractivity contribution is -0.137. The minimum Gasteiger partial charge on any atom is -0.466 e. The highest BCUT2D eigenvalue weighted by Gasteiger charge is 2.08. The molecule has 1 aliphatic heterocycles. The van der Waals surface area contributed by atoms with E-state index in [-0.39, 0.29) is 12.6 Å². The topological polar surface area (TPSA) is 55.8 Å².